The predicted molar refractivity (Wildman–Crippen MR) is 86.3 cm³/mol. The Bertz CT molecular complexity index is 524. The Morgan fingerprint density at radius 2 is 1.70 bits per heavy atom. The van der Waals surface area contributed by atoms with E-state index in [4.69, 9.17) is 18.0 Å². The highest BCUT2D eigenvalue weighted by Gasteiger charge is 2.36. The second-order valence-electron chi connectivity index (χ2n) is 4.74. The van der Waals surface area contributed by atoms with Crippen molar-refractivity contribution in [1.29, 1.82) is 0 Å². The summed E-state index contributed by atoms with van der Waals surface area (Å²) in [4.78, 5) is 23.3. The zero-order valence-corrected chi connectivity index (χ0v) is 14.9. The zero-order valence-electron chi connectivity index (χ0n) is 13.9. The van der Waals surface area contributed by atoms with Gasteiger partial charge in [0, 0.05) is 40.8 Å². The molecule has 0 heterocycles. The van der Waals surface area contributed by atoms with Crippen LogP contribution in [0.25, 0.3) is 0 Å². The van der Waals surface area contributed by atoms with E-state index in [2.05, 4.69) is 5.32 Å². The summed E-state index contributed by atoms with van der Waals surface area (Å²) in [5.74, 6) is -0.533. The highest BCUT2D eigenvalue weighted by atomic mass is 28.4. The summed E-state index contributed by atoms with van der Waals surface area (Å²) in [6.07, 6.45) is 0.642. The van der Waals surface area contributed by atoms with E-state index < -0.39 is 14.8 Å². The maximum atomic E-state index is 12.2. The predicted octanol–water partition coefficient (Wildman–Crippen LogP) is 1.61. The van der Waals surface area contributed by atoms with Gasteiger partial charge in [-0.15, -0.1) is 0 Å². The molecule has 0 bridgehead atoms. The number of esters is 1. The van der Waals surface area contributed by atoms with Crippen LogP contribution in [0.4, 0.5) is 0 Å². The van der Waals surface area contributed by atoms with Crippen molar-refractivity contribution in [1.82, 2.24) is 5.32 Å². The number of benzene rings is 1. The number of amides is 1. The molecule has 1 N–H and O–H groups in total. The van der Waals surface area contributed by atoms with Crippen LogP contribution in [0.3, 0.4) is 0 Å². The molecule has 0 radical (unpaired) electrons. The lowest BCUT2D eigenvalue weighted by atomic mass is 10.2. The smallest absolute Gasteiger partial charge is 0.426 e. The number of ether oxygens (including phenoxy) is 1. The molecule has 7 nitrogen and oxygen atoms in total. The van der Waals surface area contributed by atoms with Gasteiger partial charge < -0.3 is 23.3 Å². The Balaban J connectivity index is 2.56. The van der Waals surface area contributed by atoms with Crippen LogP contribution in [0, 0.1) is 0 Å². The molecule has 128 valence electrons. The van der Waals surface area contributed by atoms with Crippen LogP contribution in [0.1, 0.15) is 23.7 Å². The minimum atomic E-state index is -2.62. The summed E-state index contributed by atoms with van der Waals surface area (Å²) < 4.78 is 21.0. The Morgan fingerprint density at radius 3 is 2.26 bits per heavy atom. The molecule has 0 fully saturated rings. The number of carbonyl (C=O) groups excluding carboxylic acids is 2. The Morgan fingerprint density at radius 1 is 1.09 bits per heavy atom. The first kappa shape index (κ1) is 19.3. The molecule has 0 saturated heterocycles. The Hall–Kier alpha value is -1.74. The van der Waals surface area contributed by atoms with E-state index in [1.807, 2.05) is 0 Å². The molecule has 1 aromatic rings. The van der Waals surface area contributed by atoms with Gasteiger partial charge in [-0.25, -0.2) is 0 Å². The average Bonchev–Trinajstić information content (AvgIpc) is 2.55. The Labute approximate surface area is 137 Å². The largest absolute Gasteiger partial charge is 0.500 e. The van der Waals surface area contributed by atoms with Crippen molar-refractivity contribution in [2.75, 3.05) is 27.9 Å². The van der Waals surface area contributed by atoms with Crippen molar-refractivity contribution >= 4 is 20.7 Å². The summed E-state index contributed by atoms with van der Waals surface area (Å²) in [5, 5.41) is 2.78. The van der Waals surface area contributed by atoms with Crippen LogP contribution in [-0.2, 0) is 18.1 Å². The first-order valence-electron chi connectivity index (χ1n) is 7.19. The van der Waals surface area contributed by atoms with E-state index in [1.165, 1.54) is 6.92 Å². The second-order valence-corrected chi connectivity index (χ2v) is 7.84. The molecular formula is C15H23NO6Si. The number of carbonyl (C=O) groups is 2. The van der Waals surface area contributed by atoms with Crippen LogP contribution in [-0.4, -0.2) is 48.6 Å². The molecule has 1 amide bonds. The molecule has 8 heteroatoms. The quantitative estimate of drug-likeness (QED) is 0.318. The minimum absolute atomic E-state index is 0.242. The van der Waals surface area contributed by atoms with E-state index in [1.54, 1.807) is 45.6 Å². The highest BCUT2D eigenvalue weighted by molar-refractivity contribution is 6.60. The summed E-state index contributed by atoms with van der Waals surface area (Å²) in [7, 11) is 2.02. The SMILES string of the molecule is CO[Si](CCCNC(=O)c1ccccc1OC(C)=O)(OC)OC. The first-order chi connectivity index (χ1) is 11.0. The third-order valence-electron chi connectivity index (χ3n) is 3.26. The van der Waals surface area contributed by atoms with Crippen LogP contribution < -0.4 is 10.1 Å². The van der Waals surface area contributed by atoms with Gasteiger partial charge in [-0.05, 0) is 18.6 Å². The molecule has 0 unspecified atom stereocenters. The summed E-state index contributed by atoms with van der Waals surface area (Å²) in [5.41, 5.74) is 0.316. The molecule has 0 atom stereocenters. The maximum absolute atomic E-state index is 12.2. The molecule has 0 spiro atoms. The van der Waals surface area contributed by atoms with Gasteiger partial charge in [-0.3, -0.25) is 9.59 Å². The molecule has 0 aliphatic rings. The van der Waals surface area contributed by atoms with Gasteiger partial charge in [-0.2, -0.15) is 0 Å². The second kappa shape index (κ2) is 9.41. The zero-order chi connectivity index (χ0) is 17.3. The number of hydrogen-bond acceptors (Lipinski definition) is 6. The lowest BCUT2D eigenvalue weighted by molar-refractivity contribution is -0.131. The van der Waals surface area contributed by atoms with Gasteiger partial charge in [0.2, 0.25) is 0 Å². The fourth-order valence-electron chi connectivity index (χ4n) is 2.06. The third kappa shape index (κ3) is 5.75. The fraction of sp³-hybridized carbons (Fsp3) is 0.467. The van der Waals surface area contributed by atoms with E-state index >= 15 is 0 Å². The van der Waals surface area contributed by atoms with Gasteiger partial charge >= 0.3 is 14.8 Å². The summed E-state index contributed by atoms with van der Waals surface area (Å²) >= 11 is 0. The van der Waals surface area contributed by atoms with Gasteiger partial charge in [0.1, 0.15) is 5.75 Å². The van der Waals surface area contributed by atoms with Crippen molar-refractivity contribution < 1.29 is 27.6 Å². The number of rotatable bonds is 9. The topological polar surface area (TPSA) is 83.1 Å². The minimum Gasteiger partial charge on any atom is -0.426 e. The molecular weight excluding hydrogens is 318 g/mol. The molecule has 23 heavy (non-hydrogen) atoms. The summed E-state index contributed by atoms with van der Waals surface area (Å²) in [6.45, 7) is 1.72. The monoisotopic (exact) mass is 341 g/mol. The van der Waals surface area contributed by atoms with Crippen molar-refractivity contribution in [3.05, 3.63) is 29.8 Å². The first-order valence-corrected chi connectivity index (χ1v) is 9.12. The van der Waals surface area contributed by atoms with E-state index in [0.717, 1.165) is 0 Å². The van der Waals surface area contributed by atoms with Crippen molar-refractivity contribution in [3.8, 4) is 5.75 Å². The maximum Gasteiger partial charge on any atom is 0.500 e. The average molecular weight is 341 g/mol. The standard InChI is InChI=1S/C15H23NO6Si/c1-12(17)22-14-9-6-5-8-13(14)15(18)16-10-7-11-23(19-2,20-3)21-4/h5-6,8-9H,7,10-11H2,1-4H3,(H,16,18). The molecule has 0 saturated carbocycles. The van der Waals surface area contributed by atoms with E-state index in [9.17, 15) is 9.59 Å². The molecule has 0 aliphatic carbocycles. The van der Waals surface area contributed by atoms with Gasteiger partial charge in [0.25, 0.3) is 5.91 Å². The van der Waals surface area contributed by atoms with Crippen LogP contribution in [0.2, 0.25) is 6.04 Å². The molecule has 0 aliphatic heterocycles. The molecule has 0 aromatic heterocycles. The third-order valence-corrected chi connectivity index (χ3v) is 6.10. The lowest BCUT2D eigenvalue weighted by Gasteiger charge is -2.24. The molecule has 1 rings (SSSR count). The lowest BCUT2D eigenvalue weighted by Crippen LogP contribution is -2.43. The van der Waals surface area contributed by atoms with E-state index in [0.29, 0.717) is 24.6 Å². The number of para-hydroxylation sites is 1. The van der Waals surface area contributed by atoms with Crippen LogP contribution in [0.15, 0.2) is 24.3 Å². The fourth-order valence-corrected chi connectivity index (χ4v) is 3.78. The van der Waals surface area contributed by atoms with Crippen molar-refractivity contribution in [2.45, 2.75) is 19.4 Å². The van der Waals surface area contributed by atoms with Crippen molar-refractivity contribution in [2.24, 2.45) is 0 Å². The number of hydrogen-bond donors (Lipinski definition) is 1. The van der Waals surface area contributed by atoms with Gasteiger partial charge in [-0.1, -0.05) is 12.1 Å². The number of nitrogens with one attached hydrogen (secondary N) is 1. The van der Waals surface area contributed by atoms with Crippen LogP contribution >= 0.6 is 0 Å². The van der Waals surface area contributed by atoms with E-state index in [-0.39, 0.29) is 11.7 Å². The van der Waals surface area contributed by atoms with Gasteiger partial charge in [0.05, 0.1) is 5.56 Å². The van der Waals surface area contributed by atoms with Gasteiger partial charge in [0.15, 0.2) is 0 Å². The van der Waals surface area contributed by atoms with Crippen LogP contribution in [0.5, 0.6) is 5.75 Å². The highest BCUT2D eigenvalue weighted by Crippen LogP contribution is 2.18. The Kier molecular flexibility index (Phi) is 7.90. The molecule has 1 aromatic carbocycles. The normalized spacial score (nSPS) is 11.1. The van der Waals surface area contributed by atoms with Crippen molar-refractivity contribution in [3.63, 3.8) is 0 Å². The summed E-state index contributed by atoms with van der Waals surface area (Å²) in [6, 6.07) is 7.18.